The normalized spacial score (nSPS) is 28.8. The fourth-order valence-corrected chi connectivity index (χ4v) is 3.14. The summed E-state index contributed by atoms with van der Waals surface area (Å²) in [5, 5.41) is 7.11. The lowest BCUT2D eigenvalue weighted by molar-refractivity contribution is -0.130. The molecule has 0 bridgehead atoms. The molecule has 4 nitrogen and oxygen atoms in total. The average molecular weight is 253 g/mol. The first-order valence-corrected chi connectivity index (χ1v) is 7.37. The van der Waals surface area contributed by atoms with Crippen molar-refractivity contribution in [2.75, 3.05) is 20.6 Å². The topological polar surface area (TPSA) is 44.4 Å². The molecule has 1 saturated heterocycles. The van der Waals surface area contributed by atoms with E-state index in [1.165, 1.54) is 25.7 Å². The summed E-state index contributed by atoms with van der Waals surface area (Å²) in [5.74, 6) is 0.223. The molecular formula is C14H27N3O. The maximum Gasteiger partial charge on any atom is 0.239 e. The molecule has 104 valence electrons. The third-order valence-corrected chi connectivity index (χ3v) is 4.26. The van der Waals surface area contributed by atoms with Gasteiger partial charge in [-0.15, -0.1) is 0 Å². The van der Waals surface area contributed by atoms with Crippen LogP contribution in [-0.2, 0) is 4.79 Å². The van der Waals surface area contributed by atoms with Crippen molar-refractivity contribution < 1.29 is 4.79 Å². The molecule has 1 saturated carbocycles. The molecule has 2 unspecified atom stereocenters. The largest absolute Gasteiger partial charge is 0.347 e. The summed E-state index contributed by atoms with van der Waals surface area (Å²) in [6.07, 6.45) is 8.74. The van der Waals surface area contributed by atoms with E-state index in [1.807, 2.05) is 14.1 Å². The van der Waals surface area contributed by atoms with Gasteiger partial charge in [-0.25, -0.2) is 0 Å². The van der Waals surface area contributed by atoms with Crippen LogP contribution < -0.4 is 10.6 Å². The van der Waals surface area contributed by atoms with Crippen LogP contribution in [-0.4, -0.2) is 49.6 Å². The van der Waals surface area contributed by atoms with E-state index in [4.69, 9.17) is 0 Å². The van der Waals surface area contributed by atoms with Crippen molar-refractivity contribution in [3.63, 3.8) is 0 Å². The Morgan fingerprint density at radius 3 is 2.61 bits per heavy atom. The number of carbonyl (C=O) groups excluding carboxylic acids is 1. The Bertz CT molecular complexity index is 274. The zero-order valence-electron chi connectivity index (χ0n) is 11.7. The van der Waals surface area contributed by atoms with Crippen molar-refractivity contribution in [2.24, 2.45) is 0 Å². The Kier molecular flexibility index (Phi) is 5.01. The lowest BCUT2D eigenvalue weighted by Crippen LogP contribution is -2.42. The molecule has 1 aliphatic carbocycles. The Morgan fingerprint density at radius 2 is 1.94 bits per heavy atom. The predicted molar refractivity (Wildman–Crippen MR) is 73.5 cm³/mol. The average Bonchev–Trinajstić information content (AvgIpc) is 2.99. The number of likely N-dealkylation sites (N-methyl/N-ethyl adjacent to an activating group) is 1. The fraction of sp³-hybridized carbons (Fsp3) is 0.929. The third kappa shape index (κ3) is 3.69. The second-order valence-electron chi connectivity index (χ2n) is 5.95. The number of hydrogen-bond donors (Lipinski definition) is 2. The molecule has 2 fully saturated rings. The summed E-state index contributed by atoms with van der Waals surface area (Å²) in [6, 6.07) is 1.33. The molecule has 18 heavy (non-hydrogen) atoms. The highest BCUT2D eigenvalue weighted by Gasteiger charge is 2.29. The van der Waals surface area contributed by atoms with Gasteiger partial charge in [0.2, 0.25) is 5.91 Å². The first kappa shape index (κ1) is 13.8. The van der Waals surface area contributed by atoms with E-state index in [2.05, 4.69) is 10.6 Å². The number of nitrogens with one attached hydrogen (secondary N) is 2. The number of carbonyl (C=O) groups is 1. The molecule has 1 amide bonds. The molecular weight excluding hydrogens is 226 g/mol. The van der Waals surface area contributed by atoms with Crippen LogP contribution in [0.5, 0.6) is 0 Å². The molecule has 0 radical (unpaired) electrons. The van der Waals surface area contributed by atoms with Crippen molar-refractivity contribution in [3.8, 4) is 0 Å². The summed E-state index contributed by atoms with van der Waals surface area (Å²) < 4.78 is 0. The molecule has 0 aromatic carbocycles. The van der Waals surface area contributed by atoms with Crippen LogP contribution in [0.15, 0.2) is 0 Å². The van der Waals surface area contributed by atoms with Crippen molar-refractivity contribution in [1.29, 1.82) is 0 Å². The highest BCUT2D eigenvalue weighted by molar-refractivity contribution is 5.81. The van der Waals surface area contributed by atoms with Gasteiger partial charge in [-0.1, -0.05) is 12.8 Å². The summed E-state index contributed by atoms with van der Waals surface area (Å²) in [5.41, 5.74) is 0. The van der Waals surface area contributed by atoms with Crippen molar-refractivity contribution >= 4 is 5.91 Å². The second-order valence-corrected chi connectivity index (χ2v) is 5.95. The van der Waals surface area contributed by atoms with Crippen LogP contribution in [0.4, 0.5) is 0 Å². The predicted octanol–water partition coefficient (Wildman–Crippen LogP) is 1.12. The van der Waals surface area contributed by atoms with Gasteiger partial charge < -0.3 is 15.5 Å². The van der Waals surface area contributed by atoms with Gasteiger partial charge >= 0.3 is 0 Å². The minimum Gasteiger partial charge on any atom is -0.347 e. The summed E-state index contributed by atoms with van der Waals surface area (Å²) in [7, 11) is 3.66. The van der Waals surface area contributed by atoms with Crippen molar-refractivity contribution in [1.82, 2.24) is 15.5 Å². The Morgan fingerprint density at radius 1 is 1.22 bits per heavy atom. The highest BCUT2D eigenvalue weighted by atomic mass is 16.2. The molecule has 1 aliphatic heterocycles. The molecule has 0 aromatic rings. The number of rotatable bonds is 5. The van der Waals surface area contributed by atoms with Crippen LogP contribution in [0.3, 0.4) is 0 Å². The quantitative estimate of drug-likeness (QED) is 0.771. The van der Waals surface area contributed by atoms with E-state index in [0.717, 1.165) is 31.8 Å². The molecule has 2 rings (SSSR count). The molecule has 2 atom stereocenters. The highest BCUT2D eigenvalue weighted by Crippen LogP contribution is 2.19. The first-order chi connectivity index (χ1) is 8.66. The van der Waals surface area contributed by atoms with Gasteiger partial charge in [-0.05, 0) is 38.6 Å². The maximum atomic E-state index is 11.8. The molecule has 2 aliphatic rings. The minimum atomic E-state index is 0.0523. The molecule has 0 aromatic heterocycles. The SMILES string of the molecule is CN(C)C(=O)C1CCC(CCNC2CCCC2)N1. The lowest BCUT2D eigenvalue weighted by Gasteiger charge is -2.18. The third-order valence-electron chi connectivity index (χ3n) is 4.26. The van der Waals surface area contributed by atoms with Crippen molar-refractivity contribution in [3.05, 3.63) is 0 Å². The second kappa shape index (κ2) is 6.53. The van der Waals surface area contributed by atoms with Gasteiger partial charge in [0.25, 0.3) is 0 Å². The smallest absolute Gasteiger partial charge is 0.239 e. The summed E-state index contributed by atoms with van der Waals surface area (Å²) in [6.45, 7) is 1.09. The lowest BCUT2D eigenvalue weighted by atomic mass is 10.1. The van der Waals surface area contributed by atoms with Gasteiger partial charge in [0.15, 0.2) is 0 Å². The van der Waals surface area contributed by atoms with Crippen molar-refractivity contribution in [2.45, 2.75) is 63.1 Å². The van der Waals surface area contributed by atoms with Gasteiger partial charge in [-0.2, -0.15) is 0 Å². The summed E-state index contributed by atoms with van der Waals surface area (Å²) >= 11 is 0. The zero-order chi connectivity index (χ0) is 13.0. The number of nitrogens with zero attached hydrogens (tertiary/aromatic N) is 1. The van der Waals surface area contributed by atoms with E-state index in [-0.39, 0.29) is 11.9 Å². The molecule has 4 heteroatoms. The fourth-order valence-electron chi connectivity index (χ4n) is 3.14. The van der Waals surface area contributed by atoms with E-state index >= 15 is 0 Å². The van der Waals surface area contributed by atoms with Crippen LogP contribution in [0.25, 0.3) is 0 Å². The summed E-state index contributed by atoms with van der Waals surface area (Å²) in [4.78, 5) is 13.5. The van der Waals surface area contributed by atoms with E-state index in [9.17, 15) is 4.79 Å². The van der Waals surface area contributed by atoms with Crippen LogP contribution >= 0.6 is 0 Å². The first-order valence-electron chi connectivity index (χ1n) is 7.37. The van der Waals surface area contributed by atoms with Gasteiger partial charge in [0.1, 0.15) is 0 Å². The number of hydrogen-bond acceptors (Lipinski definition) is 3. The van der Waals surface area contributed by atoms with Crippen LogP contribution in [0.1, 0.15) is 44.9 Å². The Labute approximate surface area is 110 Å². The standard InChI is InChI=1S/C14H27N3O/c1-17(2)14(18)13-8-7-12(16-13)9-10-15-11-5-3-4-6-11/h11-13,15-16H,3-10H2,1-2H3. The van der Waals surface area contributed by atoms with Gasteiger partial charge in [0.05, 0.1) is 6.04 Å². The van der Waals surface area contributed by atoms with Gasteiger partial charge in [-0.3, -0.25) is 4.79 Å². The van der Waals surface area contributed by atoms with Gasteiger partial charge in [0, 0.05) is 26.2 Å². The van der Waals surface area contributed by atoms with Crippen LogP contribution in [0, 0.1) is 0 Å². The van der Waals surface area contributed by atoms with E-state index in [0.29, 0.717) is 6.04 Å². The van der Waals surface area contributed by atoms with E-state index < -0.39 is 0 Å². The Balaban J connectivity index is 1.62. The monoisotopic (exact) mass is 253 g/mol. The molecule has 1 heterocycles. The number of amides is 1. The maximum absolute atomic E-state index is 11.8. The minimum absolute atomic E-state index is 0.0523. The molecule has 0 spiro atoms. The van der Waals surface area contributed by atoms with E-state index in [1.54, 1.807) is 4.90 Å². The molecule has 2 N–H and O–H groups in total. The van der Waals surface area contributed by atoms with Crippen LogP contribution in [0.2, 0.25) is 0 Å². The Hall–Kier alpha value is -0.610. The zero-order valence-corrected chi connectivity index (χ0v) is 11.7.